The largest absolute Gasteiger partial charge is 0.393 e. The predicted molar refractivity (Wildman–Crippen MR) is 55.8 cm³/mol. The van der Waals surface area contributed by atoms with Gasteiger partial charge in [0.15, 0.2) is 0 Å². The van der Waals surface area contributed by atoms with E-state index in [1.807, 2.05) is 6.26 Å². The average molecular weight is 205 g/mol. The van der Waals surface area contributed by atoms with Gasteiger partial charge in [0.05, 0.1) is 12.7 Å². The van der Waals surface area contributed by atoms with Crippen molar-refractivity contribution in [3.8, 4) is 0 Å². The molecule has 0 saturated carbocycles. The summed E-state index contributed by atoms with van der Waals surface area (Å²) in [5, 5.41) is 9.28. The molecule has 0 aliphatic carbocycles. The highest BCUT2D eigenvalue weighted by molar-refractivity contribution is 7.93. The van der Waals surface area contributed by atoms with Gasteiger partial charge in [-0.05, 0) is 31.3 Å². The van der Waals surface area contributed by atoms with Crippen molar-refractivity contribution in [3.05, 3.63) is 0 Å². The van der Waals surface area contributed by atoms with Gasteiger partial charge in [0.1, 0.15) is 0 Å². The molecule has 4 heteroatoms. The molecule has 0 bridgehead atoms. The van der Waals surface area contributed by atoms with Crippen LogP contribution in [0.4, 0.5) is 0 Å². The highest BCUT2D eigenvalue weighted by atomic mass is 32.2. The number of aliphatic hydroxyl groups is 1. The number of hydrogen-bond donors (Lipinski definition) is 1. The van der Waals surface area contributed by atoms with Gasteiger partial charge in [-0.2, -0.15) is 0 Å². The number of hydrogen-bond acceptors (Lipinski definition) is 4. The summed E-state index contributed by atoms with van der Waals surface area (Å²) in [6, 6.07) is 0. The van der Waals surface area contributed by atoms with Crippen molar-refractivity contribution < 1.29 is 9.29 Å². The molecule has 1 heterocycles. The van der Waals surface area contributed by atoms with Gasteiger partial charge in [-0.15, -0.1) is 0 Å². The lowest BCUT2D eigenvalue weighted by molar-refractivity contribution is 0.0805. The fourth-order valence-corrected chi connectivity index (χ4v) is 1.86. The molecule has 0 unspecified atom stereocenters. The lowest BCUT2D eigenvalue weighted by Crippen LogP contribution is -2.36. The maximum Gasteiger partial charge on any atom is 0.0625 e. The third-order valence-corrected chi connectivity index (χ3v) is 2.78. The Hall–Kier alpha value is 0.230. The third kappa shape index (κ3) is 4.86. The van der Waals surface area contributed by atoms with Crippen LogP contribution in [0.5, 0.6) is 0 Å². The van der Waals surface area contributed by atoms with Crippen LogP contribution in [0.25, 0.3) is 0 Å². The fraction of sp³-hybridized carbons (Fsp3) is 1.00. The van der Waals surface area contributed by atoms with Crippen LogP contribution in [-0.4, -0.2) is 48.6 Å². The lowest BCUT2D eigenvalue weighted by atomic mass is 10.1. The van der Waals surface area contributed by atoms with E-state index in [0.29, 0.717) is 0 Å². The van der Waals surface area contributed by atoms with Crippen molar-refractivity contribution in [2.45, 2.75) is 25.4 Å². The summed E-state index contributed by atoms with van der Waals surface area (Å²) in [5.74, 6) is 0. The Bertz CT molecular complexity index is 127. The van der Waals surface area contributed by atoms with Crippen LogP contribution in [0.1, 0.15) is 19.3 Å². The van der Waals surface area contributed by atoms with E-state index in [1.54, 1.807) is 0 Å². The van der Waals surface area contributed by atoms with Crippen LogP contribution in [0.3, 0.4) is 0 Å². The van der Waals surface area contributed by atoms with Gasteiger partial charge in [-0.25, -0.2) is 0 Å². The normalized spacial score (nSPS) is 20.8. The van der Waals surface area contributed by atoms with Crippen LogP contribution < -0.4 is 0 Å². The molecule has 3 nitrogen and oxygen atoms in total. The van der Waals surface area contributed by atoms with Gasteiger partial charge in [-0.3, -0.25) is 0 Å². The van der Waals surface area contributed by atoms with Gasteiger partial charge < -0.3 is 14.2 Å². The molecule has 1 rings (SSSR count). The first-order chi connectivity index (χ1) is 6.33. The summed E-state index contributed by atoms with van der Waals surface area (Å²) >= 11 is 1.43. The second-order valence-corrected chi connectivity index (χ2v) is 3.98. The number of nitrogens with zero attached hydrogens (tertiary/aromatic N) is 1. The number of piperidine rings is 1. The quantitative estimate of drug-likeness (QED) is 0.539. The zero-order valence-electron chi connectivity index (χ0n) is 8.24. The summed E-state index contributed by atoms with van der Waals surface area (Å²) in [5.41, 5.74) is 0. The molecular weight excluding hydrogens is 186 g/mol. The molecule has 1 aliphatic heterocycles. The zero-order valence-corrected chi connectivity index (χ0v) is 9.05. The van der Waals surface area contributed by atoms with E-state index in [1.165, 1.54) is 12.0 Å². The summed E-state index contributed by atoms with van der Waals surface area (Å²) in [7, 11) is 0. The second kappa shape index (κ2) is 6.65. The first-order valence-electron chi connectivity index (χ1n) is 4.89. The Morgan fingerprint density at radius 2 is 2.15 bits per heavy atom. The first kappa shape index (κ1) is 11.3. The van der Waals surface area contributed by atoms with E-state index in [0.717, 1.165) is 45.5 Å². The maximum atomic E-state index is 9.28. The van der Waals surface area contributed by atoms with Crippen LogP contribution in [-0.2, 0) is 4.18 Å². The van der Waals surface area contributed by atoms with E-state index in [9.17, 15) is 5.11 Å². The van der Waals surface area contributed by atoms with Crippen molar-refractivity contribution in [1.29, 1.82) is 0 Å². The standard InChI is InChI=1S/C9H19NO2S/c1-13-12-8-2-5-10-6-3-9(11)4-7-10/h9,11H,2-8H2,1H3. The molecule has 78 valence electrons. The highest BCUT2D eigenvalue weighted by Gasteiger charge is 2.15. The minimum absolute atomic E-state index is 0.0568. The summed E-state index contributed by atoms with van der Waals surface area (Å²) < 4.78 is 5.19. The Labute approximate surface area is 84.7 Å². The van der Waals surface area contributed by atoms with Crippen LogP contribution >= 0.6 is 12.0 Å². The van der Waals surface area contributed by atoms with Gasteiger partial charge in [0.25, 0.3) is 0 Å². The molecule has 1 N–H and O–H groups in total. The Balaban J connectivity index is 1.96. The first-order valence-corrected chi connectivity index (χ1v) is 6.04. The average Bonchev–Trinajstić information content (AvgIpc) is 2.15. The SMILES string of the molecule is CSOCCCN1CCC(O)CC1. The zero-order chi connectivity index (χ0) is 9.52. The lowest BCUT2D eigenvalue weighted by Gasteiger charge is -2.29. The predicted octanol–water partition coefficient (Wildman–Crippen LogP) is 1.13. The summed E-state index contributed by atoms with van der Waals surface area (Å²) in [6.07, 6.45) is 4.85. The van der Waals surface area contributed by atoms with Crippen LogP contribution in [0.15, 0.2) is 0 Å². The van der Waals surface area contributed by atoms with Crippen LogP contribution in [0.2, 0.25) is 0 Å². The van der Waals surface area contributed by atoms with E-state index < -0.39 is 0 Å². The van der Waals surface area contributed by atoms with Crippen molar-refractivity contribution >= 4 is 12.0 Å². The molecule has 0 aromatic rings. The Morgan fingerprint density at radius 1 is 1.46 bits per heavy atom. The molecule has 0 amide bonds. The monoisotopic (exact) mass is 205 g/mol. The third-order valence-electron chi connectivity index (χ3n) is 2.38. The fourth-order valence-electron chi connectivity index (χ4n) is 1.57. The van der Waals surface area contributed by atoms with Crippen molar-refractivity contribution in [2.24, 2.45) is 0 Å². The molecule has 13 heavy (non-hydrogen) atoms. The highest BCUT2D eigenvalue weighted by Crippen LogP contribution is 2.10. The summed E-state index contributed by atoms with van der Waals surface area (Å²) in [6.45, 7) is 4.02. The topological polar surface area (TPSA) is 32.7 Å². The molecular formula is C9H19NO2S. The molecule has 0 aromatic heterocycles. The van der Waals surface area contributed by atoms with Crippen molar-refractivity contribution in [3.63, 3.8) is 0 Å². The molecule has 0 aromatic carbocycles. The smallest absolute Gasteiger partial charge is 0.0625 e. The maximum absolute atomic E-state index is 9.28. The van der Waals surface area contributed by atoms with E-state index in [4.69, 9.17) is 4.18 Å². The molecule has 1 fully saturated rings. The molecule has 0 spiro atoms. The Kier molecular flexibility index (Phi) is 5.78. The molecule has 1 saturated heterocycles. The van der Waals surface area contributed by atoms with Gasteiger partial charge >= 0.3 is 0 Å². The van der Waals surface area contributed by atoms with E-state index in [-0.39, 0.29) is 6.10 Å². The van der Waals surface area contributed by atoms with Crippen molar-refractivity contribution in [2.75, 3.05) is 32.5 Å². The van der Waals surface area contributed by atoms with Gasteiger partial charge in [-0.1, -0.05) is 0 Å². The minimum atomic E-state index is -0.0568. The molecule has 0 radical (unpaired) electrons. The minimum Gasteiger partial charge on any atom is -0.393 e. The second-order valence-electron chi connectivity index (χ2n) is 3.42. The Morgan fingerprint density at radius 3 is 2.77 bits per heavy atom. The summed E-state index contributed by atoms with van der Waals surface area (Å²) in [4.78, 5) is 2.40. The van der Waals surface area contributed by atoms with Crippen LogP contribution in [0, 0.1) is 0 Å². The van der Waals surface area contributed by atoms with E-state index >= 15 is 0 Å². The van der Waals surface area contributed by atoms with E-state index in [2.05, 4.69) is 4.90 Å². The number of likely N-dealkylation sites (tertiary alicyclic amines) is 1. The molecule has 1 aliphatic rings. The van der Waals surface area contributed by atoms with Gasteiger partial charge in [0.2, 0.25) is 0 Å². The van der Waals surface area contributed by atoms with Crippen molar-refractivity contribution in [1.82, 2.24) is 4.90 Å². The number of rotatable bonds is 5. The molecule has 0 atom stereocenters. The number of aliphatic hydroxyl groups excluding tert-OH is 1. The van der Waals surface area contributed by atoms with Gasteiger partial charge in [0, 0.05) is 25.9 Å².